The van der Waals surface area contributed by atoms with Gasteiger partial charge in [0.25, 0.3) is 5.91 Å². The Morgan fingerprint density at radius 2 is 1.67 bits per heavy atom. The van der Waals surface area contributed by atoms with Crippen molar-refractivity contribution in [1.82, 2.24) is 15.1 Å². The quantitative estimate of drug-likeness (QED) is 0.736. The fourth-order valence-corrected chi connectivity index (χ4v) is 3.42. The van der Waals surface area contributed by atoms with Crippen LogP contribution >= 0.6 is 0 Å². The molecule has 1 heterocycles. The summed E-state index contributed by atoms with van der Waals surface area (Å²) < 4.78 is 22.8. The molecule has 6 nitrogen and oxygen atoms in total. The molecule has 1 saturated heterocycles. The Hall–Kier alpha value is -1.44. The second kappa shape index (κ2) is 8.60. The zero-order valence-electron chi connectivity index (χ0n) is 14.5. The van der Waals surface area contributed by atoms with Crippen molar-refractivity contribution in [2.24, 2.45) is 0 Å². The van der Waals surface area contributed by atoms with Crippen molar-refractivity contribution in [2.45, 2.75) is 18.2 Å². The van der Waals surface area contributed by atoms with Gasteiger partial charge in [0.1, 0.15) is 0 Å². The third-order valence-electron chi connectivity index (χ3n) is 4.39. The van der Waals surface area contributed by atoms with Crippen LogP contribution in [0.3, 0.4) is 0 Å². The van der Waals surface area contributed by atoms with Crippen LogP contribution in [0.4, 0.5) is 0 Å². The molecule has 1 amide bonds. The summed E-state index contributed by atoms with van der Waals surface area (Å²) in [7, 11) is -3.23. The Morgan fingerprint density at radius 1 is 1.08 bits per heavy atom. The number of carbonyl (C=O) groups is 1. The molecule has 1 aliphatic rings. The van der Waals surface area contributed by atoms with Gasteiger partial charge in [0.05, 0.1) is 4.90 Å². The fraction of sp³-hybridized carbons (Fsp3) is 0.588. The van der Waals surface area contributed by atoms with E-state index in [1.165, 1.54) is 12.1 Å². The van der Waals surface area contributed by atoms with Crippen molar-refractivity contribution in [1.29, 1.82) is 0 Å². The number of sulfone groups is 1. The summed E-state index contributed by atoms with van der Waals surface area (Å²) >= 11 is 0. The number of nitrogens with one attached hydrogen (secondary N) is 1. The molecule has 134 valence electrons. The van der Waals surface area contributed by atoms with Gasteiger partial charge in [-0.2, -0.15) is 0 Å². The maximum Gasteiger partial charge on any atom is 0.251 e. The molecule has 1 aliphatic heterocycles. The number of nitrogens with zero attached hydrogens (tertiary/aromatic N) is 2. The number of likely N-dealkylation sites (N-methyl/N-ethyl adjacent to an activating group) is 1. The minimum atomic E-state index is -3.23. The molecular weight excluding hydrogens is 326 g/mol. The van der Waals surface area contributed by atoms with Gasteiger partial charge in [0.2, 0.25) is 0 Å². The number of hydrogen-bond donors (Lipinski definition) is 1. The average Bonchev–Trinajstić information content (AvgIpc) is 2.58. The van der Waals surface area contributed by atoms with Crippen LogP contribution in [-0.4, -0.2) is 76.2 Å². The van der Waals surface area contributed by atoms with E-state index >= 15 is 0 Å². The molecule has 0 unspecified atom stereocenters. The first-order chi connectivity index (χ1) is 11.4. The monoisotopic (exact) mass is 353 g/mol. The molecular formula is C17H27N3O3S. The van der Waals surface area contributed by atoms with Crippen LogP contribution in [0, 0.1) is 0 Å². The lowest BCUT2D eigenvalue weighted by molar-refractivity contribution is 0.0948. The van der Waals surface area contributed by atoms with E-state index in [-0.39, 0.29) is 10.8 Å². The lowest BCUT2D eigenvalue weighted by Gasteiger charge is -2.33. The highest BCUT2D eigenvalue weighted by Crippen LogP contribution is 2.10. The molecule has 1 N–H and O–H groups in total. The molecule has 0 aromatic heterocycles. The Bertz CT molecular complexity index is 636. The highest BCUT2D eigenvalue weighted by molar-refractivity contribution is 7.90. The molecule has 0 saturated carbocycles. The number of hydrogen-bond acceptors (Lipinski definition) is 5. The van der Waals surface area contributed by atoms with Crippen molar-refractivity contribution < 1.29 is 13.2 Å². The molecule has 2 rings (SSSR count). The lowest BCUT2D eigenvalue weighted by Crippen LogP contribution is -2.46. The third-order valence-corrected chi connectivity index (χ3v) is 5.52. The van der Waals surface area contributed by atoms with Crippen LogP contribution < -0.4 is 5.32 Å². The minimum absolute atomic E-state index is 0.161. The summed E-state index contributed by atoms with van der Waals surface area (Å²) in [5.41, 5.74) is 0.485. The standard InChI is InChI=1S/C17H27N3O3S/c1-3-19-11-13-20(14-12-19)10-4-9-18-17(21)15-5-7-16(8-6-15)24(2,22)23/h5-8H,3-4,9-14H2,1-2H3,(H,18,21). The number of rotatable bonds is 7. The van der Waals surface area contributed by atoms with Crippen molar-refractivity contribution in [3.8, 4) is 0 Å². The van der Waals surface area contributed by atoms with Gasteiger partial charge in [-0.25, -0.2) is 8.42 Å². The SMILES string of the molecule is CCN1CCN(CCCNC(=O)c2ccc(S(C)(=O)=O)cc2)CC1. The summed E-state index contributed by atoms with van der Waals surface area (Å²) in [4.78, 5) is 17.2. The van der Waals surface area contributed by atoms with E-state index in [9.17, 15) is 13.2 Å². The van der Waals surface area contributed by atoms with Gasteiger partial charge in [0, 0.05) is 44.5 Å². The van der Waals surface area contributed by atoms with Crippen molar-refractivity contribution in [3.05, 3.63) is 29.8 Å². The molecule has 1 aromatic rings. The van der Waals surface area contributed by atoms with Crippen LogP contribution in [-0.2, 0) is 9.84 Å². The number of benzene rings is 1. The lowest BCUT2D eigenvalue weighted by atomic mass is 10.2. The van der Waals surface area contributed by atoms with Gasteiger partial charge in [-0.1, -0.05) is 6.92 Å². The van der Waals surface area contributed by atoms with Crippen molar-refractivity contribution in [3.63, 3.8) is 0 Å². The highest BCUT2D eigenvalue weighted by atomic mass is 32.2. The number of carbonyl (C=O) groups excluding carboxylic acids is 1. The highest BCUT2D eigenvalue weighted by Gasteiger charge is 2.15. The van der Waals surface area contributed by atoms with E-state index in [4.69, 9.17) is 0 Å². The molecule has 0 atom stereocenters. The van der Waals surface area contributed by atoms with Crippen molar-refractivity contribution >= 4 is 15.7 Å². The molecule has 0 bridgehead atoms. The van der Waals surface area contributed by atoms with E-state index in [2.05, 4.69) is 22.0 Å². The molecule has 0 aliphatic carbocycles. The van der Waals surface area contributed by atoms with Gasteiger partial charge in [0.15, 0.2) is 9.84 Å². The van der Waals surface area contributed by atoms with Crippen molar-refractivity contribution in [2.75, 3.05) is 52.1 Å². The van der Waals surface area contributed by atoms with E-state index in [0.717, 1.165) is 51.9 Å². The summed E-state index contributed by atoms with van der Waals surface area (Å²) in [5.74, 6) is -0.161. The summed E-state index contributed by atoms with van der Waals surface area (Å²) in [6.07, 6.45) is 2.07. The van der Waals surface area contributed by atoms with E-state index in [0.29, 0.717) is 12.1 Å². The van der Waals surface area contributed by atoms with Gasteiger partial charge < -0.3 is 15.1 Å². The molecule has 24 heavy (non-hydrogen) atoms. The van der Waals surface area contributed by atoms with Crippen LogP contribution in [0.2, 0.25) is 0 Å². The van der Waals surface area contributed by atoms with Gasteiger partial charge >= 0.3 is 0 Å². The predicted octanol–water partition coefficient (Wildman–Crippen LogP) is 0.848. The van der Waals surface area contributed by atoms with Gasteiger partial charge in [-0.15, -0.1) is 0 Å². The van der Waals surface area contributed by atoms with E-state index in [1.54, 1.807) is 12.1 Å². The Kier molecular flexibility index (Phi) is 6.77. The van der Waals surface area contributed by atoms with E-state index < -0.39 is 9.84 Å². The first kappa shape index (κ1) is 18.9. The largest absolute Gasteiger partial charge is 0.352 e. The zero-order chi connectivity index (χ0) is 17.6. The predicted molar refractivity (Wildman–Crippen MR) is 95.1 cm³/mol. The second-order valence-corrected chi connectivity index (χ2v) is 8.20. The first-order valence-electron chi connectivity index (χ1n) is 8.43. The summed E-state index contributed by atoms with van der Waals surface area (Å²) in [6.45, 7) is 9.34. The second-order valence-electron chi connectivity index (χ2n) is 6.18. The van der Waals surface area contributed by atoms with Gasteiger partial charge in [-0.3, -0.25) is 4.79 Å². The molecule has 7 heteroatoms. The maximum absolute atomic E-state index is 12.1. The molecule has 0 radical (unpaired) electrons. The minimum Gasteiger partial charge on any atom is -0.352 e. The maximum atomic E-state index is 12.1. The van der Waals surface area contributed by atoms with E-state index in [1.807, 2.05) is 0 Å². The Labute approximate surface area is 144 Å². The fourth-order valence-electron chi connectivity index (χ4n) is 2.79. The number of amides is 1. The molecule has 0 spiro atoms. The Balaban J connectivity index is 1.70. The zero-order valence-corrected chi connectivity index (χ0v) is 15.3. The van der Waals surface area contributed by atoms with Gasteiger partial charge in [-0.05, 0) is 43.8 Å². The Morgan fingerprint density at radius 3 is 2.21 bits per heavy atom. The van der Waals surface area contributed by atoms with Crippen LogP contribution in [0.1, 0.15) is 23.7 Å². The molecule has 1 fully saturated rings. The summed E-state index contributed by atoms with van der Waals surface area (Å²) in [5, 5.41) is 2.89. The topological polar surface area (TPSA) is 69.7 Å². The molecule has 1 aromatic carbocycles. The smallest absolute Gasteiger partial charge is 0.251 e. The van der Waals surface area contributed by atoms with Crippen LogP contribution in [0.5, 0.6) is 0 Å². The normalized spacial score (nSPS) is 16.9. The first-order valence-corrected chi connectivity index (χ1v) is 10.3. The van der Waals surface area contributed by atoms with Crippen LogP contribution in [0.15, 0.2) is 29.2 Å². The number of piperazine rings is 1. The summed E-state index contributed by atoms with van der Waals surface area (Å²) in [6, 6.07) is 6.04. The van der Waals surface area contributed by atoms with Crippen LogP contribution in [0.25, 0.3) is 0 Å². The average molecular weight is 353 g/mol. The third kappa shape index (κ3) is 5.58.